The van der Waals surface area contributed by atoms with Gasteiger partial charge < -0.3 is 14.9 Å². The van der Waals surface area contributed by atoms with Crippen molar-refractivity contribution in [3.8, 4) is 0 Å². The Morgan fingerprint density at radius 1 is 1.04 bits per heavy atom. The van der Waals surface area contributed by atoms with Crippen LogP contribution in [0.2, 0.25) is 0 Å². The van der Waals surface area contributed by atoms with Crippen molar-refractivity contribution in [1.29, 1.82) is 0 Å². The number of anilines is 1. The quantitative estimate of drug-likeness (QED) is 0.861. The first-order chi connectivity index (χ1) is 13.5. The fraction of sp³-hybridized carbons (Fsp3) is 0.542. The van der Waals surface area contributed by atoms with Crippen molar-refractivity contribution >= 4 is 5.69 Å². The highest BCUT2D eigenvalue weighted by molar-refractivity contribution is 5.51. The molecule has 1 saturated carbocycles. The van der Waals surface area contributed by atoms with E-state index < -0.39 is 5.60 Å². The molecule has 0 bridgehead atoms. The van der Waals surface area contributed by atoms with Gasteiger partial charge in [0.05, 0.1) is 11.9 Å². The molecule has 4 heteroatoms. The van der Waals surface area contributed by atoms with Gasteiger partial charge in [0.1, 0.15) is 5.60 Å². The number of hydrogen-bond acceptors (Lipinski definition) is 4. The maximum atomic E-state index is 12.3. The second kappa shape index (κ2) is 6.57. The van der Waals surface area contributed by atoms with E-state index in [-0.39, 0.29) is 5.41 Å². The molecule has 1 atom stereocenters. The molecule has 0 radical (unpaired) electrons. The minimum Gasteiger partial charge on any atom is -0.380 e. The first-order valence-corrected chi connectivity index (χ1v) is 10.7. The summed E-state index contributed by atoms with van der Waals surface area (Å²) in [5, 5.41) is 12.3. The van der Waals surface area contributed by atoms with Crippen molar-refractivity contribution in [1.82, 2.24) is 9.88 Å². The topological polar surface area (TPSA) is 39.6 Å². The first-order valence-electron chi connectivity index (χ1n) is 10.7. The molecule has 2 aliphatic heterocycles. The molecule has 3 heterocycles. The summed E-state index contributed by atoms with van der Waals surface area (Å²) >= 11 is 0. The minimum atomic E-state index is -1.04. The lowest BCUT2D eigenvalue weighted by Gasteiger charge is -2.56. The summed E-state index contributed by atoms with van der Waals surface area (Å²) in [7, 11) is 2.12. The average molecular weight is 378 g/mol. The molecule has 1 aromatic carbocycles. The number of hydrogen-bond donors (Lipinski definition) is 1. The predicted molar refractivity (Wildman–Crippen MR) is 113 cm³/mol. The highest BCUT2D eigenvalue weighted by Crippen LogP contribution is 2.51. The third-order valence-corrected chi connectivity index (χ3v) is 7.10. The first kappa shape index (κ1) is 18.1. The third kappa shape index (κ3) is 2.85. The number of pyridine rings is 1. The van der Waals surface area contributed by atoms with E-state index >= 15 is 0 Å². The van der Waals surface area contributed by atoms with Gasteiger partial charge in [0.25, 0.3) is 0 Å². The van der Waals surface area contributed by atoms with Crippen LogP contribution in [0, 0.1) is 5.41 Å². The Morgan fingerprint density at radius 2 is 1.71 bits per heavy atom. The van der Waals surface area contributed by atoms with E-state index in [0.29, 0.717) is 0 Å². The Bertz CT molecular complexity index is 848. The Morgan fingerprint density at radius 3 is 2.32 bits per heavy atom. The summed E-state index contributed by atoms with van der Waals surface area (Å²) in [5.41, 5.74) is 3.20. The zero-order chi connectivity index (χ0) is 19.4. The second-order valence-electron chi connectivity index (χ2n) is 9.47. The minimum absolute atomic E-state index is 0.228. The number of aromatic nitrogens is 1. The van der Waals surface area contributed by atoms with Crippen molar-refractivity contribution in [2.45, 2.75) is 44.1 Å². The molecule has 1 aromatic heterocycles. The number of benzene rings is 1. The fourth-order valence-electron chi connectivity index (χ4n) is 5.42. The smallest absolute Gasteiger partial charge is 0.124 e. The van der Waals surface area contributed by atoms with Gasteiger partial charge >= 0.3 is 0 Å². The summed E-state index contributed by atoms with van der Waals surface area (Å²) in [6.07, 6.45) is 8.89. The van der Waals surface area contributed by atoms with E-state index in [1.54, 1.807) is 0 Å². The van der Waals surface area contributed by atoms with Crippen molar-refractivity contribution in [2.24, 2.45) is 5.41 Å². The molecule has 5 rings (SSSR count). The SMILES string of the molecule is CN1CC(C)(C(O)(c2ccc(C3CC3)cc2)c2cncc(N3CCCC3)c2)C1. The van der Waals surface area contributed by atoms with Crippen LogP contribution in [0.5, 0.6) is 0 Å². The molecule has 2 saturated heterocycles. The monoisotopic (exact) mass is 377 g/mol. The van der Waals surface area contributed by atoms with Gasteiger partial charge in [0.2, 0.25) is 0 Å². The van der Waals surface area contributed by atoms with Gasteiger partial charge in [-0.15, -0.1) is 0 Å². The van der Waals surface area contributed by atoms with Gasteiger partial charge in [-0.2, -0.15) is 0 Å². The van der Waals surface area contributed by atoms with Crippen LogP contribution < -0.4 is 4.90 Å². The maximum absolute atomic E-state index is 12.3. The lowest BCUT2D eigenvalue weighted by atomic mass is 9.62. The van der Waals surface area contributed by atoms with Gasteiger partial charge in [0, 0.05) is 43.4 Å². The number of rotatable bonds is 5. The highest BCUT2D eigenvalue weighted by atomic mass is 16.3. The summed E-state index contributed by atoms with van der Waals surface area (Å²) in [6.45, 7) is 6.13. The summed E-state index contributed by atoms with van der Waals surface area (Å²) in [5.74, 6) is 0.729. The van der Waals surface area contributed by atoms with Crippen LogP contribution in [-0.4, -0.2) is 48.2 Å². The molecule has 2 aromatic rings. The van der Waals surface area contributed by atoms with Gasteiger partial charge in [-0.05, 0) is 55.8 Å². The molecule has 1 N–H and O–H groups in total. The molecule has 3 aliphatic rings. The fourth-order valence-corrected chi connectivity index (χ4v) is 5.42. The molecule has 3 fully saturated rings. The summed E-state index contributed by atoms with van der Waals surface area (Å²) in [4.78, 5) is 9.22. The number of nitrogens with zero attached hydrogens (tertiary/aromatic N) is 3. The molecule has 0 amide bonds. The van der Waals surface area contributed by atoms with Crippen LogP contribution in [0.4, 0.5) is 5.69 Å². The normalized spacial score (nSPS) is 24.0. The molecule has 1 aliphatic carbocycles. The van der Waals surface area contributed by atoms with Crippen molar-refractivity contribution in [3.05, 3.63) is 59.4 Å². The Hall–Kier alpha value is -1.91. The van der Waals surface area contributed by atoms with Crippen molar-refractivity contribution in [2.75, 3.05) is 38.1 Å². The van der Waals surface area contributed by atoms with Crippen molar-refractivity contribution in [3.63, 3.8) is 0 Å². The predicted octanol–water partition coefficient (Wildman–Crippen LogP) is 3.75. The van der Waals surface area contributed by atoms with Gasteiger partial charge in [-0.1, -0.05) is 31.2 Å². The standard InChI is InChI=1S/C24H31N3O/c1-23(16-26(2)17-23)24(28,20-9-7-19(8-10-20)18-5-6-18)21-13-22(15-25-14-21)27-11-3-4-12-27/h7-10,13-15,18,28H,3-6,11-12,16-17H2,1-2H3. The zero-order valence-corrected chi connectivity index (χ0v) is 17.1. The van der Waals surface area contributed by atoms with Crippen LogP contribution >= 0.6 is 0 Å². The van der Waals surface area contributed by atoms with Crippen LogP contribution in [0.1, 0.15) is 55.2 Å². The van der Waals surface area contributed by atoms with Gasteiger partial charge in [-0.3, -0.25) is 4.98 Å². The van der Waals surface area contributed by atoms with E-state index in [9.17, 15) is 5.11 Å². The molecular formula is C24H31N3O. The molecule has 0 spiro atoms. The molecule has 1 unspecified atom stereocenters. The molecule has 4 nitrogen and oxygen atoms in total. The van der Waals surface area contributed by atoms with Crippen molar-refractivity contribution < 1.29 is 5.11 Å². The van der Waals surface area contributed by atoms with Crippen LogP contribution in [0.3, 0.4) is 0 Å². The van der Waals surface area contributed by atoms with E-state index in [0.717, 1.165) is 48.9 Å². The van der Waals surface area contributed by atoms with Gasteiger partial charge in [0.15, 0.2) is 0 Å². The van der Waals surface area contributed by atoms with Gasteiger partial charge in [-0.25, -0.2) is 0 Å². The summed E-state index contributed by atoms with van der Waals surface area (Å²) < 4.78 is 0. The highest BCUT2D eigenvalue weighted by Gasteiger charge is 2.55. The van der Waals surface area contributed by atoms with E-state index in [2.05, 4.69) is 59.1 Å². The maximum Gasteiger partial charge on any atom is 0.124 e. The number of aliphatic hydroxyl groups is 1. The largest absolute Gasteiger partial charge is 0.380 e. The van der Waals surface area contributed by atoms with E-state index in [4.69, 9.17) is 0 Å². The Kier molecular flexibility index (Phi) is 4.25. The van der Waals surface area contributed by atoms with E-state index in [1.807, 2.05) is 12.4 Å². The van der Waals surface area contributed by atoms with Crippen LogP contribution in [-0.2, 0) is 5.60 Å². The average Bonchev–Trinajstić information content (AvgIpc) is 3.40. The molecule has 28 heavy (non-hydrogen) atoms. The zero-order valence-electron chi connectivity index (χ0n) is 17.1. The lowest BCUT2D eigenvalue weighted by Crippen LogP contribution is -2.63. The number of likely N-dealkylation sites (tertiary alicyclic amines) is 1. The third-order valence-electron chi connectivity index (χ3n) is 7.10. The van der Waals surface area contributed by atoms with E-state index in [1.165, 1.54) is 31.2 Å². The molecule has 148 valence electrons. The molecular weight excluding hydrogens is 346 g/mol. The summed E-state index contributed by atoms with van der Waals surface area (Å²) in [6, 6.07) is 10.9. The second-order valence-corrected chi connectivity index (χ2v) is 9.47. The van der Waals surface area contributed by atoms with Crippen LogP contribution in [0.15, 0.2) is 42.7 Å². The Labute approximate surface area is 168 Å². The Balaban J connectivity index is 1.57. The van der Waals surface area contributed by atoms with Crippen LogP contribution in [0.25, 0.3) is 0 Å². The lowest BCUT2D eigenvalue weighted by molar-refractivity contribution is -0.127.